The lowest BCUT2D eigenvalue weighted by Gasteiger charge is -2.14. The molecule has 0 radical (unpaired) electrons. The molecule has 0 bridgehead atoms. The molecule has 1 aromatic heterocycles. The molecule has 0 fully saturated rings. The molecule has 2 nitrogen and oxygen atoms in total. The summed E-state index contributed by atoms with van der Waals surface area (Å²) in [7, 11) is 0. The Hall–Kier alpha value is -1.54. The van der Waals surface area contributed by atoms with Gasteiger partial charge in [-0.15, -0.1) is 0 Å². The van der Waals surface area contributed by atoms with Crippen LogP contribution in [0.2, 0.25) is 0 Å². The molecular weight excluding hydrogens is 232 g/mol. The lowest BCUT2D eigenvalue weighted by atomic mass is 10.1. The Morgan fingerprint density at radius 1 is 1.26 bits per heavy atom. The topological polar surface area (TPSA) is 17.0 Å². The summed E-state index contributed by atoms with van der Waals surface area (Å²) in [5, 5.41) is 3.58. The number of nitrogens with zero attached hydrogens (tertiary/aromatic N) is 1. The van der Waals surface area contributed by atoms with Crippen molar-refractivity contribution in [1.29, 1.82) is 0 Å². The molecule has 2 heteroatoms. The summed E-state index contributed by atoms with van der Waals surface area (Å²) in [6.45, 7) is 8.59. The molecule has 2 aromatic rings. The smallest absolute Gasteiger partial charge is 0.0295 e. The second-order valence-electron chi connectivity index (χ2n) is 5.27. The van der Waals surface area contributed by atoms with E-state index in [1.165, 1.54) is 23.1 Å². The Morgan fingerprint density at radius 3 is 2.84 bits per heavy atom. The van der Waals surface area contributed by atoms with E-state index in [9.17, 15) is 0 Å². The number of aryl methyl sites for hydroxylation is 2. The van der Waals surface area contributed by atoms with Crippen molar-refractivity contribution in [2.45, 2.75) is 46.3 Å². The first kappa shape index (κ1) is 13.9. The Balaban J connectivity index is 1.90. The minimum absolute atomic E-state index is 0.384. The van der Waals surface area contributed by atoms with Gasteiger partial charge >= 0.3 is 0 Å². The average molecular weight is 256 g/mol. The molecule has 0 amide bonds. The highest BCUT2D eigenvalue weighted by molar-refractivity contribution is 5.24. The van der Waals surface area contributed by atoms with Crippen molar-refractivity contribution in [2.75, 3.05) is 0 Å². The van der Waals surface area contributed by atoms with Crippen LogP contribution in [0.5, 0.6) is 0 Å². The van der Waals surface area contributed by atoms with E-state index < -0.39 is 0 Å². The van der Waals surface area contributed by atoms with Gasteiger partial charge in [-0.2, -0.15) is 0 Å². The van der Waals surface area contributed by atoms with Crippen LogP contribution in [0.1, 0.15) is 43.0 Å². The number of benzene rings is 1. The van der Waals surface area contributed by atoms with Gasteiger partial charge in [-0.1, -0.05) is 36.8 Å². The van der Waals surface area contributed by atoms with Crippen LogP contribution in [0.25, 0.3) is 0 Å². The monoisotopic (exact) mass is 256 g/mol. The van der Waals surface area contributed by atoms with Crippen LogP contribution in [-0.2, 0) is 13.1 Å². The third-order valence-electron chi connectivity index (χ3n) is 3.45. The van der Waals surface area contributed by atoms with Gasteiger partial charge in [-0.25, -0.2) is 0 Å². The summed E-state index contributed by atoms with van der Waals surface area (Å²) < 4.78 is 2.26. The van der Waals surface area contributed by atoms with Gasteiger partial charge in [-0.3, -0.25) is 0 Å². The molecule has 0 aliphatic carbocycles. The van der Waals surface area contributed by atoms with Gasteiger partial charge in [0.2, 0.25) is 0 Å². The van der Waals surface area contributed by atoms with Gasteiger partial charge in [0.1, 0.15) is 0 Å². The van der Waals surface area contributed by atoms with Crippen molar-refractivity contribution >= 4 is 0 Å². The maximum atomic E-state index is 3.58. The van der Waals surface area contributed by atoms with Gasteiger partial charge in [0, 0.05) is 31.5 Å². The van der Waals surface area contributed by atoms with E-state index in [4.69, 9.17) is 0 Å². The molecule has 1 N–H and O–H groups in total. The predicted octanol–water partition coefficient (Wildman–Crippen LogP) is 4.06. The van der Waals surface area contributed by atoms with Crippen molar-refractivity contribution in [3.8, 4) is 0 Å². The van der Waals surface area contributed by atoms with E-state index in [2.05, 4.69) is 73.4 Å². The minimum atomic E-state index is 0.384. The fourth-order valence-corrected chi connectivity index (χ4v) is 2.32. The fourth-order valence-electron chi connectivity index (χ4n) is 2.32. The fraction of sp³-hybridized carbons (Fsp3) is 0.412. The zero-order chi connectivity index (χ0) is 13.7. The van der Waals surface area contributed by atoms with Gasteiger partial charge in [0.15, 0.2) is 0 Å². The molecular formula is C17H24N2. The molecule has 0 saturated heterocycles. The molecule has 1 atom stereocenters. The summed E-state index contributed by atoms with van der Waals surface area (Å²) in [6.07, 6.45) is 5.58. The van der Waals surface area contributed by atoms with Crippen LogP contribution in [0.3, 0.4) is 0 Å². The number of aromatic nitrogens is 1. The van der Waals surface area contributed by atoms with Gasteiger partial charge in [-0.05, 0) is 37.5 Å². The molecule has 2 rings (SSSR count). The average Bonchev–Trinajstić information content (AvgIpc) is 2.84. The summed E-state index contributed by atoms with van der Waals surface area (Å²) in [5.41, 5.74) is 4.03. The maximum absolute atomic E-state index is 3.58. The summed E-state index contributed by atoms with van der Waals surface area (Å²) in [6, 6.07) is 11.3. The maximum Gasteiger partial charge on any atom is 0.0295 e. The lowest BCUT2D eigenvalue weighted by molar-refractivity contribution is 0.573. The molecule has 0 aliphatic rings. The predicted molar refractivity (Wildman–Crippen MR) is 81.2 cm³/mol. The highest BCUT2D eigenvalue weighted by Gasteiger charge is 2.05. The Bertz CT molecular complexity index is 513. The molecule has 0 saturated carbocycles. The number of rotatable bonds is 6. The van der Waals surface area contributed by atoms with Crippen LogP contribution in [0, 0.1) is 6.92 Å². The Labute approximate surface area is 116 Å². The van der Waals surface area contributed by atoms with Crippen LogP contribution >= 0.6 is 0 Å². The highest BCUT2D eigenvalue weighted by Crippen LogP contribution is 2.14. The molecule has 0 unspecified atom stereocenters. The first-order valence-electron chi connectivity index (χ1n) is 7.13. The van der Waals surface area contributed by atoms with Gasteiger partial charge in [0.05, 0.1) is 0 Å². The first-order valence-corrected chi connectivity index (χ1v) is 7.13. The van der Waals surface area contributed by atoms with Crippen molar-refractivity contribution in [3.05, 3.63) is 59.4 Å². The normalized spacial score (nSPS) is 12.6. The van der Waals surface area contributed by atoms with Crippen LogP contribution in [-0.4, -0.2) is 4.57 Å². The van der Waals surface area contributed by atoms with Crippen molar-refractivity contribution < 1.29 is 0 Å². The van der Waals surface area contributed by atoms with E-state index in [1.807, 2.05) is 0 Å². The number of hydrogen-bond acceptors (Lipinski definition) is 1. The van der Waals surface area contributed by atoms with Gasteiger partial charge < -0.3 is 9.88 Å². The van der Waals surface area contributed by atoms with Crippen LogP contribution in [0.15, 0.2) is 42.7 Å². The quantitative estimate of drug-likeness (QED) is 0.825. The summed E-state index contributed by atoms with van der Waals surface area (Å²) in [5.74, 6) is 0. The third kappa shape index (κ3) is 3.97. The largest absolute Gasteiger partial charge is 0.354 e. The molecule has 102 valence electrons. The molecule has 0 spiro atoms. The van der Waals surface area contributed by atoms with Crippen molar-refractivity contribution in [2.24, 2.45) is 0 Å². The SMILES string of the molecule is CCCn1ccc(CN[C@@H](C)c2cccc(C)c2)c1. The lowest BCUT2D eigenvalue weighted by Crippen LogP contribution is -2.17. The molecule has 1 heterocycles. The molecule has 0 aliphatic heterocycles. The van der Waals surface area contributed by atoms with E-state index in [-0.39, 0.29) is 0 Å². The number of nitrogens with one attached hydrogen (secondary N) is 1. The zero-order valence-electron chi connectivity index (χ0n) is 12.2. The van der Waals surface area contributed by atoms with Crippen molar-refractivity contribution in [1.82, 2.24) is 9.88 Å². The van der Waals surface area contributed by atoms with Crippen LogP contribution < -0.4 is 5.32 Å². The van der Waals surface area contributed by atoms with Gasteiger partial charge in [0.25, 0.3) is 0 Å². The first-order chi connectivity index (χ1) is 9.19. The van der Waals surface area contributed by atoms with E-state index in [0.717, 1.165) is 13.1 Å². The Kier molecular flexibility index (Phi) is 4.80. The highest BCUT2D eigenvalue weighted by atomic mass is 14.9. The van der Waals surface area contributed by atoms with E-state index in [0.29, 0.717) is 6.04 Å². The van der Waals surface area contributed by atoms with Crippen LogP contribution in [0.4, 0.5) is 0 Å². The Morgan fingerprint density at radius 2 is 2.11 bits per heavy atom. The molecule has 1 aromatic carbocycles. The summed E-state index contributed by atoms with van der Waals surface area (Å²) in [4.78, 5) is 0. The number of hydrogen-bond donors (Lipinski definition) is 1. The molecule has 19 heavy (non-hydrogen) atoms. The minimum Gasteiger partial charge on any atom is -0.354 e. The standard InChI is InChI=1S/C17H24N2/c1-4-9-19-10-8-16(13-19)12-18-15(3)17-7-5-6-14(2)11-17/h5-8,10-11,13,15,18H,4,9,12H2,1-3H3/t15-/m0/s1. The summed E-state index contributed by atoms with van der Waals surface area (Å²) >= 11 is 0. The van der Waals surface area contributed by atoms with E-state index in [1.54, 1.807) is 0 Å². The zero-order valence-corrected chi connectivity index (χ0v) is 12.2. The second-order valence-corrected chi connectivity index (χ2v) is 5.27. The van der Waals surface area contributed by atoms with Crippen molar-refractivity contribution in [3.63, 3.8) is 0 Å². The second kappa shape index (κ2) is 6.58. The third-order valence-corrected chi connectivity index (χ3v) is 3.45. The van der Waals surface area contributed by atoms with E-state index >= 15 is 0 Å².